The third-order valence-corrected chi connectivity index (χ3v) is 5.26. The van der Waals surface area contributed by atoms with Crippen LogP contribution in [-0.4, -0.2) is 43.6 Å². The minimum atomic E-state index is -0.657. The lowest BCUT2D eigenvalue weighted by molar-refractivity contribution is 0.0470. The zero-order valence-corrected chi connectivity index (χ0v) is 16.4. The molecule has 2 aromatic rings. The van der Waals surface area contributed by atoms with E-state index in [1.165, 1.54) is 5.56 Å². The maximum absolute atomic E-state index is 10.6. The van der Waals surface area contributed by atoms with Gasteiger partial charge in [0.25, 0.3) is 0 Å². The van der Waals surface area contributed by atoms with Crippen molar-refractivity contribution in [1.29, 1.82) is 0 Å². The Kier molecular flexibility index (Phi) is 7.23. The topological polar surface area (TPSA) is 76.7 Å². The number of nitrogens with two attached hydrogens (primary N) is 1. The van der Waals surface area contributed by atoms with Crippen LogP contribution in [0.4, 0.5) is 0 Å². The molecule has 3 rings (SSSR count). The molecule has 28 heavy (non-hydrogen) atoms. The molecular formula is C23H30N2O3. The molecule has 0 saturated heterocycles. The van der Waals surface area contributed by atoms with Crippen LogP contribution in [0.1, 0.15) is 22.7 Å². The SMILES string of the molecule is C=CCO[C@H]1Cc2ccc(OC)cc2[C@H]1NC[C@@H](O)[C@@H](N)Cc1ccccc1. The molecule has 0 radical (unpaired) electrons. The number of benzene rings is 2. The van der Waals surface area contributed by atoms with Gasteiger partial charge in [-0.1, -0.05) is 42.5 Å². The molecule has 1 aliphatic carbocycles. The van der Waals surface area contributed by atoms with E-state index in [2.05, 4.69) is 18.0 Å². The van der Waals surface area contributed by atoms with Gasteiger partial charge in [-0.2, -0.15) is 0 Å². The Labute approximate surface area is 167 Å². The molecule has 0 fully saturated rings. The van der Waals surface area contributed by atoms with Gasteiger partial charge in [0, 0.05) is 19.0 Å². The fourth-order valence-corrected chi connectivity index (χ4v) is 3.72. The van der Waals surface area contributed by atoms with Crippen molar-refractivity contribution in [1.82, 2.24) is 5.32 Å². The summed E-state index contributed by atoms with van der Waals surface area (Å²) < 4.78 is 11.4. The molecule has 0 saturated carbocycles. The van der Waals surface area contributed by atoms with E-state index in [1.54, 1.807) is 13.2 Å². The molecule has 0 spiro atoms. The number of nitrogens with one attached hydrogen (secondary N) is 1. The molecule has 1 aliphatic rings. The Bertz CT molecular complexity index is 766. The van der Waals surface area contributed by atoms with Crippen molar-refractivity contribution in [3.63, 3.8) is 0 Å². The van der Waals surface area contributed by atoms with Crippen LogP contribution < -0.4 is 15.8 Å². The third kappa shape index (κ3) is 5.00. The van der Waals surface area contributed by atoms with E-state index in [4.69, 9.17) is 15.2 Å². The second-order valence-corrected chi connectivity index (χ2v) is 7.24. The molecule has 4 N–H and O–H groups in total. The van der Waals surface area contributed by atoms with Gasteiger partial charge in [-0.15, -0.1) is 6.58 Å². The standard InChI is InChI=1S/C23H30N2O3/c1-3-11-28-22-13-17-9-10-18(27-2)14-19(17)23(22)25-15-21(26)20(24)12-16-7-5-4-6-8-16/h3-10,14,20-23,25-26H,1,11-13,15,24H2,2H3/t20-,21+,22-,23+/m0/s1. The van der Waals surface area contributed by atoms with Gasteiger partial charge in [0.2, 0.25) is 0 Å². The summed E-state index contributed by atoms with van der Waals surface area (Å²) in [7, 11) is 1.66. The largest absolute Gasteiger partial charge is 0.497 e. The fraction of sp³-hybridized carbons (Fsp3) is 0.391. The Morgan fingerprint density at radius 1 is 1.29 bits per heavy atom. The Hall–Kier alpha value is -2.18. The summed E-state index contributed by atoms with van der Waals surface area (Å²) in [5.74, 6) is 0.816. The van der Waals surface area contributed by atoms with Crippen LogP contribution in [0.2, 0.25) is 0 Å². The maximum atomic E-state index is 10.6. The van der Waals surface area contributed by atoms with Crippen molar-refractivity contribution < 1.29 is 14.6 Å². The predicted molar refractivity (Wildman–Crippen MR) is 112 cm³/mol. The van der Waals surface area contributed by atoms with Crippen molar-refractivity contribution in [2.45, 2.75) is 37.1 Å². The zero-order chi connectivity index (χ0) is 19.9. The lowest BCUT2D eigenvalue weighted by Gasteiger charge is -2.26. The van der Waals surface area contributed by atoms with Crippen molar-refractivity contribution >= 4 is 0 Å². The van der Waals surface area contributed by atoms with E-state index in [1.807, 2.05) is 42.5 Å². The first-order chi connectivity index (χ1) is 13.6. The van der Waals surface area contributed by atoms with Crippen molar-refractivity contribution in [3.05, 3.63) is 77.9 Å². The Balaban J connectivity index is 1.65. The second-order valence-electron chi connectivity index (χ2n) is 7.24. The first kappa shape index (κ1) is 20.6. The molecule has 5 nitrogen and oxygen atoms in total. The summed E-state index contributed by atoms with van der Waals surface area (Å²) in [6, 6.07) is 15.7. The van der Waals surface area contributed by atoms with Gasteiger partial charge in [-0.3, -0.25) is 0 Å². The van der Waals surface area contributed by atoms with Crippen LogP contribution in [0.5, 0.6) is 5.75 Å². The minimum Gasteiger partial charge on any atom is -0.497 e. The molecule has 0 aromatic heterocycles. The van der Waals surface area contributed by atoms with Crippen molar-refractivity contribution in [2.24, 2.45) is 5.73 Å². The third-order valence-electron chi connectivity index (χ3n) is 5.26. The summed E-state index contributed by atoms with van der Waals surface area (Å²) in [5, 5.41) is 14.1. The fourth-order valence-electron chi connectivity index (χ4n) is 3.72. The van der Waals surface area contributed by atoms with Crippen LogP contribution in [0, 0.1) is 0 Å². The van der Waals surface area contributed by atoms with E-state index in [0.717, 1.165) is 23.3 Å². The molecular weight excluding hydrogens is 352 g/mol. The molecule has 0 amide bonds. The molecule has 0 aliphatic heterocycles. The Morgan fingerprint density at radius 3 is 2.79 bits per heavy atom. The number of ether oxygens (including phenoxy) is 2. The number of aliphatic hydroxyl groups excluding tert-OH is 1. The van der Waals surface area contributed by atoms with Crippen LogP contribution in [0.15, 0.2) is 61.2 Å². The molecule has 0 unspecified atom stereocenters. The molecule has 5 heteroatoms. The summed E-state index contributed by atoms with van der Waals surface area (Å²) in [6.07, 6.45) is 2.53. The number of methoxy groups -OCH3 is 1. The summed E-state index contributed by atoms with van der Waals surface area (Å²) >= 11 is 0. The monoisotopic (exact) mass is 382 g/mol. The van der Waals surface area contributed by atoms with Gasteiger partial charge >= 0.3 is 0 Å². The highest BCUT2D eigenvalue weighted by Gasteiger charge is 2.34. The predicted octanol–water partition coefficient (Wildman–Crippen LogP) is 2.38. The van der Waals surface area contributed by atoms with E-state index in [0.29, 0.717) is 19.6 Å². The first-order valence-corrected chi connectivity index (χ1v) is 9.72. The molecule has 150 valence electrons. The molecule has 4 atom stereocenters. The average Bonchev–Trinajstić information content (AvgIpc) is 3.07. The Morgan fingerprint density at radius 2 is 2.07 bits per heavy atom. The first-order valence-electron chi connectivity index (χ1n) is 9.72. The van der Waals surface area contributed by atoms with E-state index < -0.39 is 6.10 Å². The maximum Gasteiger partial charge on any atom is 0.119 e. The highest BCUT2D eigenvalue weighted by atomic mass is 16.5. The highest BCUT2D eigenvalue weighted by molar-refractivity contribution is 5.42. The van der Waals surface area contributed by atoms with Crippen molar-refractivity contribution in [2.75, 3.05) is 20.3 Å². The normalized spacial score (nSPS) is 20.4. The molecule has 2 aromatic carbocycles. The number of fused-ring (bicyclic) bond motifs is 1. The summed E-state index contributed by atoms with van der Waals surface area (Å²) in [6.45, 7) is 4.62. The smallest absolute Gasteiger partial charge is 0.119 e. The second kappa shape index (κ2) is 9.85. The van der Waals surface area contributed by atoms with Gasteiger partial charge in [0.05, 0.1) is 32.0 Å². The zero-order valence-electron chi connectivity index (χ0n) is 16.4. The average molecular weight is 383 g/mol. The van der Waals surface area contributed by atoms with Crippen LogP contribution >= 0.6 is 0 Å². The van der Waals surface area contributed by atoms with E-state index >= 15 is 0 Å². The number of aliphatic hydroxyl groups is 1. The summed E-state index contributed by atoms with van der Waals surface area (Å²) in [5.41, 5.74) is 9.74. The van der Waals surface area contributed by atoms with E-state index in [-0.39, 0.29) is 18.2 Å². The lowest BCUT2D eigenvalue weighted by Crippen LogP contribution is -2.45. The number of rotatable bonds is 10. The minimum absolute atomic E-state index is 0.0161. The quantitative estimate of drug-likeness (QED) is 0.550. The van der Waals surface area contributed by atoms with Gasteiger partial charge in [0.1, 0.15) is 5.75 Å². The lowest BCUT2D eigenvalue weighted by atomic mass is 10.0. The molecule has 0 bridgehead atoms. The van der Waals surface area contributed by atoms with Gasteiger partial charge in [-0.05, 0) is 35.2 Å². The van der Waals surface area contributed by atoms with Gasteiger partial charge < -0.3 is 25.6 Å². The highest BCUT2D eigenvalue weighted by Crippen LogP contribution is 2.35. The van der Waals surface area contributed by atoms with Crippen LogP contribution in [0.25, 0.3) is 0 Å². The number of hydrogen-bond donors (Lipinski definition) is 3. The van der Waals surface area contributed by atoms with Crippen LogP contribution in [-0.2, 0) is 17.6 Å². The number of hydrogen-bond acceptors (Lipinski definition) is 5. The van der Waals surface area contributed by atoms with Gasteiger partial charge in [-0.25, -0.2) is 0 Å². The molecule has 0 heterocycles. The summed E-state index contributed by atoms with van der Waals surface area (Å²) in [4.78, 5) is 0. The van der Waals surface area contributed by atoms with Crippen LogP contribution in [0.3, 0.4) is 0 Å². The van der Waals surface area contributed by atoms with Gasteiger partial charge in [0.15, 0.2) is 0 Å². The van der Waals surface area contributed by atoms with E-state index in [9.17, 15) is 5.11 Å². The van der Waals surface area contributed by atoms with Crippen molar-refractivity contribution in [3.8, 4) is 5.75 Å².